The van der Waals surface area contributed by atoms with Crippen LogP contribution in [0, 0.1) is 0 Å². The number of hydrogen-bond acceptors (Lipinski definition) is 6. The summed E-state index contributed by atoms with van der Waals surface area (Å²) in [6, 6.07) is -0.0318. The van der Waals surface area contributed by atoms with Crippen molar-refractivity contribution >= 4 is 40.2 Å². The summed E-state index contributed by atoms with van der Waals surface area (Å²) in [5.74, 6) is -0.885. The number of carboxylic acids is 1. The molecule has 0 radical (unpaired) electrons. The van der Waals surface area contributed by atoms with Crippen LogP contribution in [0.15, 0.2) is 22.6 Å². The Morgan fingerprint density at radius 1 is 1.27 bits per heavy atom. The first kappa shape index (κ1) is 26.0. The molecule has 2 amide bonds. The monoisotopic (exact) mass is 495 g/mol. The summed E-state index contributed by atoms with van der Waals surface area (Å²) in [7, 11) is 0. The Bertz CT molecular complexity index is 843. The van der Waals surface area contributed by atoms with E-state index in [0.717, 1.165) is 67.6 Å². The van der Waals surface area contributed by atoms with Crippen LogP contribution in [0.5, 0.6) is 0 Å². The van der Waals surface area contributed by atoms with Crippen LogP contribution in [-0.4, -0.2) is 50.1 Å². The van der Waals surface area contributed by atoms with Gasteiger partial charge in [0.2, 0.25) is 0 Å². The quantitative estimate of drug-likeness (QED) is 0.230. The largest absolute Gasteiger partial charge is 0.480 e. The number of anilines is 1. The molecule has 0 spiro atoms. The normalized spacial score (nSPS) is 19.1. The summed E-state index contributed by atoms with van der Waals surface area (Å²) < 4.78 is 6.27. The maximum Gasteiger partial charge on any atom is 0.326 e. The fraction of sp³-hybridized carbons (Fsp3) is 0.708. The van der Waals surface area contributed by atoms with E-state index in [1.54, 1.807) is 20.0 Å². The number of thiazole rings is 1. The van der Waals surface area contributed by atoms with Crippen LogP contribution in [0.4, 0.5) is 9.93 Å². The molecule has 2 N–H and O–H groups in total. The van der Waals surface area contributed by atoms with E-state index in [2.05, 4.69) is 16.9 Å². The van der Waals surface area contributed by atoms with Crippen molar-refractivity contribution in [2.24, 2.45) is 0 Å². The van der Waals surface area contributed by atoms with E-state index in [9.17, 15) is 14.7 Å². The van der Waals surface area contributed by atoms with Crippen LogP contribution in [-0.2, 0) is 9.53 Å². The van der Waals surface area contributed by atoms with E-state index in [1.165, 1.54) is 29.5 Å². The van der Waals surface area contributed by atoms with Gasteiger partial charge in [0.1, 0.15) is 10.5 Å². The Kier molecular flexibility index (Phi) is 8.86. The number of thioether (sulfide) groups is 1. The van der Waals surface area contributed by atoms with Crippen molar-refractivity contribution in [2.45, 2.75) is 106 Å². The molecule has 0 saturated heterocycles. The molecule has 0 atom stereocenters. The van der Waals surface area contributed by atoms with Gasteiger partial charge >= 0.3 is 12.0 Å². The predicted molar refractivity (Wildman–Crippen MR) is 134 cm³/mol. The third kappa shape index (κ3) is 6.73. The fourth-order valence-electron chi connectivity index (χ4n) is 4.65. The average Bonchev–Trinajstić information content (AvgIpc) is 3.19. The van der Waals surface area contributed by atoms with E-state index in [0.29, 0.717) is 11.7 Å². The molecule has 184 valence electrons. The maximum absolute atomic E-state index is 13.7. The van der Waals surface area contributed by atoms with Crippen molar-refractivity contribution in [1.29, 1.82) is 0 Å². The van der Waals surface area contributed by atoms with Gasteiger partial charge in [-0.2, -0.15) is 0 Å². The lowest BCUT2D eigenvalue weighted by molar-refractivity contribution is -0.163. The molecule has 9 heteroatoms. The third-order valence-corrected chi connectivity index (χ3v) is 8.59. The van der Waals surface area contributed by atoms with Gasteiger partial charge in [0.05, 0.1) is 17.0 Å². The fourth-order valence-corrected chi connectivity index (χ4v) is 6.91. The molecule has 2 saturated carbocycles. The van der Waals surface area contributed by atoms with Crippen LogP contribution in [0.1, 0.15) is 85.0 Å². The number of carbonyl (C=O) groups excluding carboxylic acids is 1. The molecule has 2 aliphatic carbocycles. The van der Waals surface area contributed by atoms with Gasteiger partial charge in [-0.25, -0.2) is 9.78 Å². The number of hydrogen-bond donors (Lipinski definition) is 2. The first-order valence-corrected chi connectivity index (χ1v) is 13.5. The van der Waals surface area contributed by atoms with Crippen molar-refractivity contribution < 1.29 is 19.4 Å². The SMILES string of the molecule is C=C(C)COC1(N(C(=O)Nc2ncc(SC(C)(C)C(=O)O)s2)C2CCCCC2)CCCCC1. The first-order chi connectivity index (χ1) is 15.6. The molecular formula is C24H37N3O4S2. The molecule has 0 aliphatic heterocycles. The highest BCUT2D eigenvalue weighted by Crippen LogP contribution is 2.41. The van der Waals surface area contributed by atoms with E-state index in [4.69, 9.17) is 4.74 Å². The lowest BCUT2D eigenvalue weighted by atomic mass is 9.86. The van der Waals surface area contributed by atoms with E-state index in [-0.39, 0.29) is 12.1 Å². The zero-order valence-electron chi connectivity index (χ0n) is 20.0. The van der Waals surface area contributed by atoms with Gasteiger partial charge in [-0.15, -0.1) is 0 Å². The zero-order chi connectivity index (χ0) is 24.1. The lowest BCUT2D eigenvalue weighted by Crippen LogP contribution is -2.60. The predicted octanol–water partition coefficient (Wildman–Crippen LogP) is 6.52. The van der Waals surface area contributed by atoms with Gasteiger partial charge in [0.15, 0.2) is 5.13 Å². The van der Waals surface area contributed by atoms with Gasteiger partial charge in [0, 0.05) is 6.04 Å². The number of aliphatic carboxylic acids is 1. The number of rotatable bonds is 9. The van der Waals surface area contributed by atoms with Gasteiger partial charge in [0.25, 0.3) is 0 Å². The highest BCUT2D eigenvalue weighted by atomic mass is 32.2. The average molecular weight is 496 g/mol. The summed E-state index contributed by atoms with van der Waals surface area (Å²) in [6.45, 7) is 9.72. The summed E-state index contributed by atoms with van der Waals surface area (Å²) in [4.78, 5) is 31.6. The highest BCUT2D eigenvalue weighted by molar-refractivity contribution is 8.03. The first-order valence-electron chi connectivity index (χ1n) is 11.9. The molecule has 0 aromatic carbocycles. The van der Waals surface area contributed by atoms with E-state index < -0.39 is 16.4 Å². The molecule has 1 heterocycles. The molecule has 33 heavy (non-hydrogen) atoms. The number of aromatic nitrogens is 1. The van der Waals surface area contributed by atoms with Crippen LogP contribution in [0.3, 0.4) is 0 Å². The highest BCUT2D eigenvalue weighted by Gasteiger charge is 2.45. The summed E-state index contributed by atoms with van der Waals surface area (Å²) in [5, 5.41) is 12.9. The van der Waals surface area contributed by atoms with Gasteiger partial charge in [-0.05, 0) is 59.3 Å². The number of ether oxygens (including phenoxy) is 1. The van der Waals surface area contributed by atoms with Crippen molar-refractivity contribution in [3.8, 4) is 0 Å². The van der Waals surface area contributed by atoms with Crippen LogP contribution >= 0.6 is 23.1 Å². The summed E-state index contributed by atoms with van der Waals surface area (Å²) >= 11 is 2.54. The molecular weight excluding hydrogens is 458 g/mol. The number of carbonyl (C=O) groups is 2. The van der Waals surface area contributed by atoms with E-state index in [1.807, 2.05) is 11.8 Å². The second-order valence-electron chi connectivity index (χ2n) is 9.75. The van der Waals surface area contributed by atoms with Crippen molar-refractivity contribution in [3.05, 3.63) is 18.3 Å². The van der Waals surface area contributed by atoms with Crippen molar-refractivity contribution in [3.63, 3.8) is 0 Å². The lowest BCUT2D eigenvalue weighted by Gasteiger charge is -2.50. The number of urea groups is 1. The molecule has 2 aliphatic rings. The number of amides is 2. The Labute approximate surface area is 205 Å². The van der Waals surface area contributed by atoms with Gasteiger partial charge < -0.3 is 9.84 Å². The van der Waals surface area contributed by atoms with Gasteiger partial charge in [-0.3, -0.25) is 15.0 Å². The molecule has 2 fully saturated rings. The molecule has 7 nitrogen and oxygen atoms in total. The minimum absolute atomic E-state index is 0.140. The Morgan fingerprint density at radius 2 is 1.91 bits per heavy atom. The van der Waals surface area contributed by atoms with Crippen molar-refractivity contribution in [2.75, 3.05) is 11.9 Å². The number of nitrogens with one attached hydrogen (secondary N) is 1. The summed E-state index contributed by atoms with van der Waals surface area (Å²) in [6.07, 6.45) is 11.9. The van der Waals surface area contributed by atoms with Crippen LogP contribution < -0.4 is 5.32 Å². The van der Waals surface area contributed by atoms with Crippen LogP contribution in [0.2, 0.25) is 0 Å². The van der Waals surface area contributed by atoms with E-state index >= 15 is 0 Å². The molecule has 1 aromatic rings. The Morgan fingerprint density at radius 3 is 2.52 bits per heavy atom. The second-order valence-corrected chi connectivity index (χ2v) is 12.7. The number of nitrogens with zero attached hydrogens (tertiary/aromatic N) is 2. The molecule has 3 rings (SSSR count). The Balaban J connectivity index is 1.82. The molecule has 0 unspecified atom stereocenters. The summed E-state index contributed by atoms with van der Waals surface area (Å²) in [5.41, 5.74) is 0.329. The zero-order valence-corrected chi connectivity index (χ0v) is 21.7. The van der Waals surface area contributed by atoms with Crippen LogP contribution in [0.25, 0.3) is 0 Å². The Hall–Kier alpha value is -1.58. The third-order valence-electron chi connectivity index (χ3n) is 6.39. The minimum atomic E-state index is -0.968. The standard InChI is InChI=1S/C24H37N3O4S2/c1-17(2)16-31-24(13-9-6-10-14-24)27(18-11-7-5-8-12-18)22(30)26-21-25-15-19(32-21)33-23(3,4)20(28)29/h15,18H,1,5-14,16H2,2-4H3,(H,28,29)(H,25,26,30). The topological polar surface area (TPSA) is 91.8 Å². The molecule has 0 bridgehead atoms. The molecule has 1 aromatic heterocycles. The smallest absolute Gasteiger partial charge is 0.326 e. The maximum atomic E-state index is 13.7. The van der Waals surface area contributed by atoms with Gasteiger partial charge in [-0.1, -0.05) is 60.9 Å². The minimum Gasteiger partial charge on any atom is -0.480 e. The number of carboxylic acid groups (broad SMARTS) is 1. The van der Waals surface area contributed by atoms with Crippen molar-refractivity contribution in [1.82, 2.24) is 9.88 Å². The second kappa shape index (κ2) is 11.2.